The summed E-state index contributed by atoms with van der Waals surface area (Å²) in [5, 5.41) is 13.5. The summed E-state index contributed by atoms with van der Waals surface area (Å²) in [6, 6.07) is 25.6. The van der Waals surface area contributed by atoms with E-state index >= 15 is 0 Å². The molecule has 2 unspecified atom stereocenters. The molecular formula is C33H35N2O7P. The Balaban J connectivity index is 1.51. The van der Waals surface area contributed by atoms with Gasteiger partial charge in [-0.25, -0.2) is 5.09 Å². The second kappa shape index (κ2) is 15.8. The first-order chi connectivity index (χ1) is 20.8. The molecule has 4 aromatic rings. The first kappa shape index (κ1) is 31.6. The van der Waals surface area contributed by atoms with Crippen molar-refractivity contribution in [3.05, 3.63) is 119 Å². The van der Waals surface area contributed by atoms with Crippen LogP contribution in [0.1, 0.15) is 46.6 Å². The van der Waals surface area contributed by atoms with E-state index in [2.05, 4.69) is 10.1 Å². The predicted octanol–water partition coefficient (Wildman–Crippen LogP) is 6.46. The van der Waals surface area contributed by atoms with Crippen molar-refractivity contribution in [1.29, 1.82) is 0 Å². The summed E-state index contributed by atoms with van der Waals surface area (Å²) in [4.78, 5) is 29.1. The lowest BCUT2D eigenvalue weighted by molar-refractivity contribution is -0.149. The number of pyridine rings is 1. The summed E-state index contributed by atoms with van der Waals surface area (Å²) in [7, 11) is -1.93. The van der Waals surface area contributed by atoms with Gasteiger partial charge in [-0.3, -0.25) is 14.6 Å². The van der Waals surface area contributed by atoms with E-state index in [9.17, 15) is 14.7 Å². The van der Waals surface area contributed by atoms with Crippen molar-refractivity contribution in [2.45, 2.75) is 52.6 Å². The molecule has 0 aliphatic carbocycles. The van der Waals surface area contributed by atoms with E-state index in [1.165, 1.54) is 6.20 Å². The molecule has 1 heterocycles. The van der Waals surface area contributed by atoms with E-state index in [4.69, 9.17) is 18.5 Å². The monoisotopic (exact) mass is 602 g/mol. The van der Waals surface area contributed by atoms with Gasteiger partial charge in [0.1, 0.15) is 29.9 Å². The second-order valence-electron chi connectivity index (χ2n) is 9.97. The number of nitrogens with zero attached hydrogens (tertiary/aromatic N) is 1. The zero-order chi connectivity index (χ0) is 30.6. The molecule has 0 radical (unpaired) electrons. The molecule has 9 nitrogen and oxygen atoms in total. The van der Waals surface area contributed by atoms with E-state index in [0.717, 1.165) is 11.1 Å². The molecule has 1 aromatic heterocycles. The molecule has 0 fully saturated rings. The molecule has 4 rings (SSSR count). The lowest BCUT2D eigenvalue weighted by Crippen LogP contribution is -2.39. The summed E-state index contributed by atoms with van der Waals surface area (Å²) in [6.07, 6.45) is 1.99. The van der Waals surface area contributed by atoms with Gasteiger partial charge in [0.15, 0.2) is 6.29 Å². The molecule has 0 bridgehead atoms. The van der Waals surface area contributed by atoms with Crippen molar-refractivity contribution in [2.24, 2.45) is 0 Å². The highest BCUT2D eigenvalue weighted by atomic mass is 31.2. The molecule has 224 valence electrons. The van der Waals surface area contributed by atoms with E-state index in [-0.39, 0.29) is 30.4 Å². The third kappa shape index (κ3) is 9.61. The number of aryl methyl sites for hydroxylation is 1. The third-order valence-electron chi connectivity index (χ3n) is 6.25. The quantitative estimate of drug-likeness (QED) is 0.0898. The summed E-state index contributed by atoms with van der Waals surface area (Å²) < 4.78 is 23.7. The number of esters is 1. The second-order valence-corrected chi connectivity index (χ2v) is 11.2. The van der Waals surface area contributed by atoms with Crippen LogP contribution in [0.4, 0.5) is 0 Å². The van der Waals surface area contributed by atoms with Crippen LogP contribution in [-0.2, 0) is 33.7 Å². The minimum absolute atomic E-state index is 0.0903. The number of carbonyl (C=O) groups excluding carboxylic acids is 2. The summed E-state index contributed by atoms with van der Waals surface area (Å²) in [5.41, 5.74) is 2.75. The van der Waals surface area contributed by atoms with Crippen LogP contribution in [0.3, 0.4) is 0 Å². The highest BCUT2D eigenvalue weighted by Gasteiger charge is 2.28. The highest BCUT2D eigenvalue weighted by Crippen LogP contribution is 2.38. The minimum atomic E-state index is -1.93. The van der Waals surface area contributed by atoms with Gasteiger partial charge < -0.3 is 23.6 Å². The van der Waals surface area contributed by atoms with Gasteiger partial charge in [0, 0.05) is 11.8 Å². The van der Waals surface area contributed by atoms with Crippen LogP contribution in [0.15, 0.2) is 91.1 Å². The number of ether oxygens (including phenoxy) is 2. The van der Waals surface area contributed by atoms with E-state index in [0.29, 0.717) is 35.6 Å². The Labute approximate surface area is 252 Å². The van der Waals surface area contributed by atoms with Gasteiger partial charge >= 0.3 is 14.5 Å². The smallest absolute Gasteiger partial charge is 0.324 e. The van der Waals surface area contributed by atoms with Crippen molar-refractivity contribution in [3.63, 3.8) is 0 Å². The number of nitrogens with one attached hydrogen (secondary N) is 1. The number of carbonyl (C=O) groups is 2. The molecule has 0 amide bonds. The number of aldehydes is 1. The molecule has 2 N–H and O–H groups in total. The fourth-order valence-corrected chi connectivity index (χ4v) is 5.22. The third-order valence-corrected chi connectivity index (χ3v) is 7.52. The summed E-state index contributed by atoms with van der Waals surface area (Å²) in [5.74, 6) is 0.570. The zero-order valence-corrected chi connectivity index (χ0v) is 25.2. The van der Waals surface area contributed by atoms with Gasteiger partial charge in [-0.05, 0) is 62.6 Å². The number of aromatic hydroxyl groups is 1. The number of rotatable bonds is 15. The molecule has 3 aromatic carbocycles. The van der Waals surface area contributed by atoms with E-state index < -0.39 is 20.5 Å². The van der Waals surface area contributed by atoms with Crippen LogP contribution in [0.2, 0.25) is 0 Å². The Bertz CT molecular complexity index is 1470. The Kier molecular flexibility index (Phi) is 11.6. The van der Waals surface area contributed by atoms with Gasteiger partial charge in [0.2, 0.25) is 0 Å². The SMILES string of the molecule is Cc1ncc(COP(NC(Cc2ccc(OCc3ccccc3)cc2)C(=O)OC(C)C)Oc2ccccc2)c(C=O)c1O. The fourth-order valence-electron chi connectivity index (χ4n) is 4.02. The van der Waals surface area contributed by atoms with Crippen LogP contribution in [-0.4, -0.2) is 34.5 Å². The predicted molar refractivity (Wildman–Crippen MR) is 164 cm³/mol. The Morgan fingerprint density at radius 3 is 2.26 bits per heavy atom. The van der Waals surface area contributed by atoms with Crippen molar-refractivity contribution >= 4 is 20.8 Å². The van der Waals surface area contributed by atoms with Crippen molar-refractivity contribution in [3.8, 4) is 17.2 Å². The molecule has 2 atom stereocenters. The maximum absolute atomic E-state index is 13.2. The lowest BCUT2D eigenvalue weighted by atomic mass is 10.1. The van der Waals surface area contributed by atoms with Crippen LogP contribution < -0.4 is 14.3 Å². The van der Waals surface area contributed by atoms with Gasteiger partial charge in [0.05, 0.1) is 24.0 Å². The Hall–Kier alpha value is -4.30. The maximum Gasteiger partial charge on any atom is 0.324 e. The summed E-state index contributed by atoms with van der Waals surface area (Å²) in [6.45, 7) is 5.52. The molecular weight excluding hydrogens is 567 g/mol. The van der Waals surface area contributed by atoms with Gasteiger partial charge in [-0.15, -0.1) is 0 Å². The molecule has 0 aliphatic heterocycles. The lowest BCUT2D eigenvalue weighted by Gasteiger charge is -2.25. The highest BCUT2D eigenvalue weighted by molar-refractivity contribution is 7.45. The van der Waals surface area contributed by atoms with Crippen LogP contribution >= 0.6 is 8.53 Å². The standard InChI is InChI=1S/C33H35N2O7P/c1-23(2)41-33(38)31(18-25-14-16-28(17-15-25)39-21-26-10-6-4-7-11-26)35-43(42-29-12-8-5-9-13-29)40-22-27-19-34-24(3)32(37)30(27)20-36/h4-17,19-20,23,31,35,37H,18,21-22H2,1-3H3. The van der Waals surface area contributed by atoms with Crippen molar-refractivity contribution < 1.29 is 33.2 Å². The number of para-hydroxylation sites is 1. The van der Waals surface area contributed by atoms with E-state index in [1.54, 1.807) is 32.9 Å². The first-order valence-corrected chi connectivity index (χ1v) is 15.0. The molecule has 0 saturated carbocycles. The van der Waals surface area contributed by atoms with Crippen LogP contribution in [0.5, 0.6) is 17.2 Å². The Morgan fingerprint density at radius 1 is 0.930 bits per heavy atom. The molecule has 43 heavy (non-hydrogen) atoms. The molecule has 10 heteroatoms. The summed E-state index contributed by atoms with van der Waals surface area (Å²) >= 11 is 0. The number of hydrogen-bond acceptors (Lipinski definition) is 9. The number of aromatic nitrogens is 1. The van der Waals surface area contributed by atoms with E-state index in [1.807, 2.05) is 72.8 Å². The first-order valence-electron chi connectivity index (χ1n) is 13.8. The van der Waals surface area contributed by atoms with Gasteiger partial charge in [-0.2, -0.15) is 0 Å². The molecule has 0 aliphatic rings. The minimum Gasteiger partial charge on any atom is -0.505 e. The fraction of sp³-hybridized carbons (Fsp3) is 0.242. The van der Waals surface area contributed by atoms with Crippen LogP contribution in [0.25, 0.3) is 0 Å². The average Bonchev–Trinajstić information content (AvgIpc) is 3.01. The number of benzene rings is 3. The number of hydrogen-bond donors (Lipinski definition) is 2. The normalized spacial score (nSPS) is 12.4. The van der Waals surface area contributed by atoms with Gasteiger partial charge in [-0.1, -0.05) is 60.7 Å². The maximum atomic E-state index is 13.2. The van der Waals surface area contributed by atoms with Crippen molar-refractivity contribution in [2.75, 3.05) is 0 Å². The molecule has 0 spiro atoms. The average molecular weight is 603 g/mol. The molecule has 0 saturated heterocycles. The largest absolute Gasteiger partial charge is 0.505 e. The van der Waals surface area contributed by atoms with Crippen LogP contribution in [0, 0.1) is 6.92 Å². The zero-order valence-electron chi connectivity index (χ0n) is 24.3. The topological polar surface area (TPSA) is 116 Å². The van der Waals surface area contributed by atoms with Gasteiger partial charge in [0.25, 0.3) is 0 Å². The Morgan fingerprint density at radius 2 is 1.60 bits per heavy atom. The van der Waals surface area contributed by atoms with Crippen molar-refractivity contribution in [1.82, 2.24) is 10.1 Å².